The standard InChI is InChI=1S/C3H9N.CHNO.10BO3/c1-4(2)3;2-1-3;10*2-1(3)4/h1-3H3;2H;;;;;;;;;;/q;;10*-3. The first-order chi connectivity index (χ1) is 20.5. The van der Waals surface area contributed by atoms with E-state index < -0.39 is 73.2 Å². The largest absolute Gasteiger partial charge is 0.907 e. The Bertz CT molecular complexity index is 300. The molecule has 0 aromatic heterocycles. The van der Waals surface area contributed by atoms with E-state index in [-0.39, 0.29) is 0 Å². The third-order valence-corrected chi connectivity index (χ3v) is 0. The summed E-state index contributed by atoms with van der Waals surface area (Å²) >= 11 is 0. The van der Waals surface area contributed by atoms with Crippen LogP contribution in [0.3, 0.4) is 0 Å². The molecular formula is C4H10B10N2O31-30. The van der Waals surface area contributed by atoms with Crippen molar-refractivity contribution in [3.05, 3.63) is 0 Å². The van der Waals surface area contributed by atoms with Crippen LogP contribution in [0.4, 0.5) is 0 Å². The second kappa shape index (κ2) is 79.9. The van der Waals surface area contributed by atoms with Crippen LogP contribution in [0.5, 0.6) is 0 Å². The fourth-order valence-electron chi connectivity index (χ4n) is 0. The van der Waals surface area contributed by atoms with Gasteiger partial charge >= 0.3 is 0 Å². The average Bonchev–Trinajstić information content (AvgIpc) is 2.62. The molecule has 33 nitrogen and oxygen atoms in total. The second-order valence-corrected chi connectivity index (χ2v) is 4.33. The molecule has 0 aliphatic rings. The highest BCUT2D eigenvalue weighted by Crippen LogP contribution is 1.47. The fraction of sp³-hybridized carbons (Fsp3) is 0.750. The fourth-order valence-corrected chi connectivity index (χ4v) is 0. The molecule has 0 aliphatic carbocycles. The summed E-state index contributed by atoms with van der Waals surface area (Å²) in [5, 5.41) is 258. The van der Waals surface area contributed by atoms with Crippen LogP contribution in [0.15, 0.2) is 0 Å². The van der Waals surface area contributed by atoms with Gasteiger partial charge in [0.25, 0.3) is 0 Å². The summed E-state index contributed by atoms with van der Waals surface area (Å²) in [4.78, 5) is 10.3. The number of hydrogen-bond acceptors (Lipinski definition) is 33. The van der Waals surface area contributed by atoms with E-state index in [2.05, 4.69) is 0 Å². The summed E-state index contributed by atoms with van der Waals surface area (Å²) in [7, 11) is -23.2. The van der Waals surface area contributed by atoms with Crippen molar-refractivity contribution in [2.75, 3.05) is 21.1 Å². The lowest BCUT2D eigenvalue weighted by Gasteiger charge is -2.35. The Morgan fingerprint density at radius 1 is 0.298 bits per heavy atom. The first-order valence-electron chi connectivity index (χ1n) is 8.87. The number of rotatable bonds is 0. The molecule has 0 rings (SSSR count). The maximum absolute atomic E-state index is 8.42. The van der Waals surface area contributed by atoms with Gasteiger partial charge in [-0.2, -0.15) is 0 Å². The van der Waals surface area contributed by atoms with Crippen LogP contribution >= 0.6 is 0 Å². The first-order valence-corrected chi connectivity index (χ1v) is 8.87. The van der Waals surface area contributed by atoms with Gasteiger partial charge in [-0.3, -0.25) is 73.2 Å². The van der Waals surface area contributed by atoms with Crippen molar-refractivity contribution < 1.29 is 156 Å². The minimum Gasteiger partial charge on any atom is -0.907 e. The van der Waals surface area contributed by atoms with Gasteiger partial charge in [0.2, 0.25) is 6.08 Å². The molecule has 0 radical (unpaired) electrons. The molecule has 43 heteroatoms. The van der Waals surface area contributed by atoms with Gasteiger partial charge in [-0.25, -0.2) is 10.2 Å². The molecule has 1 N–H and O–H groups in total. The lowest BCUT2D eigenvalue weighted by atomic mass is 10.3. The number of carbonyl (C=O) groups excluding carboxylic acids is 1. The Morgan fingerprint density at radius 2 is 0.298 bits per heavy atom. The molecule has 0 aliphatic heterocycles. The van der Waals surface area contributed by atoms with Crippen LogP contribution < -0.4 is 151 Å². The van der Waals surface area contributed by atoms with Gasteiger partial charge in [-0.05, 0) is 21.1 Å². The number of isocyanates is 1. The predicted molar refractivity (Wildman–Crippen MR) is 85.6 cm³/mol. The molecule has 0 unspecified atom stereocenters. The van der Waals surface area contributed by atoms with E-state index in [9.17, 15) is 0 Å². The second-order valence-electron chi connectivity index (χ2n) is 4.33. The number of hydrogen-bond donors (Lipinski definition) is 1. The van der Waals surface area contributed by atoms with Gasteiger partial charge in [0.15, 0.2) is 0 Å². The van der Waals surface area contributed by atoms with Crippen molar-refractivity contribution in [1.82, 2.24) is 4.90 Å². The normalized spacial score (nSPS) is 6.68. The predicted octanol–water partition coefficient (Wildman–Crippen LogP) is -39.4. The van der Waals surface area contributed by atoms with E-state index in [4.69, 9.17) is 161 Å². The van der Waals surface area contributed by atoms with Gasteiger partial charge in [0.1, 0.15) is 0 Å². The van der Waals surface area contributed by atoms with E-state index in [1.54, 1.807) is 0 Å². The van der Waals surface area contributed by atoms with Crippen LogP contribution in [-0.4, -0.2) is 105 Å². The number of nitrogens with zero attached hydrogens (tertiary/aromatic N) is 1. The molecule has 0 amide bonds. The molecular weight excluding hydrogens is 680 g/mol. The van der Waals surface area contributed by atoms with Gasteiger partial charge in [0.05, 0.1) is 0 Å². The van der Waals surface area contributed by atoms with E-state index in [1.807, 2.05) is 26.0 Å². The molecule has 0 atom stereocenters. The Morgan fingerprint density at radius 3 is 0.298 bits per heavy atom. The molecule has 282 valence electrons. The monoisotopic (exact) mass is 692 g/mol. The van der Waals surface area contributed by atoms with Crippen molar-refractivity contribution in [3.63, 3.8) is 0 Å². The van der Waals surface area contributed by atoms with Gasteiger partial charge < -0.3 is 156 Å². The number of nitrogens with one attached hydrogen (secondary N) is 1. The highest BCUT2D eigenvalue weighted by atomic mass is 16.6. The molecule has 47 heavy (non-hydrogen) atoms. The summed E-state index contributed by atoms with van der Waals surface area (Å²) in [6.45, 7) is 0. The summed E-state index contributed by atoms with van der Waals surface area (Å²) in [5.74, 6) is 0. The lowest BCUT2D eigenvalue weighted by Crippen LogP contribution is -2.56. The summed E-state index contributed by atoms with van der Waals surface area (Å²) in [6.07, 6.45) is 0.750. The van der Waals surface area contributed by atoms with E-state index in [1.165, 1.54) is 0 Å². The smallest absolute Gasteiger partial charge is 0.231 e. The zero-order chi connectivity index (χ0) is 42.1. The van der Waals surface area contributed by atoms with Gasteiger partial charge in [-0.15, -0.1) is 0 Å². The Balaban J connectivity index is -0.0000000285. The Kier molecular flexibility index (Phi) is 137. The van der Waals surface area contributed by atoms with Crippen LogP contribution in [-0.2, 0) is 4.79 Å². The van der Waals surface area contributed by atoms with Gasteiger partial charge in [-0.1, -0.05) is 0 Å². The molecule has 0 aromatic rings. The maximum Gasteiger partial charge on any atom is 0.231 e. The molecule has 0 fully saturated rings. The minimum absolute atomic E-state index is 0.750. The highest BCUT2D eigenvalue weighted by molar-refractivity contribution is 6.25. The molecule has 0 aromatic carbocycles. The van der Waals surface area contributed by atoms with Crippen LogP contribution in [0.25, 0.3) is 0 Å². The van der Waals surface area contributed by atoms with Crippen LogP contribution in [0.1, 0.15) is 0 Å². The lowest BCUT2D eigenvalue weighted by molar-refractivity contribution is -0.481. The topological polar surface area (TPSA) is 736 Å². The van der Waals surface area contributed by atoms with Crippen molar-refractivity contribution in [3.8, 4) is 0 Å². The third kappa shape index (κ3) is 56000. The minimum atomic E-state index is -2.92. The summed E-state index contributed by atoms with van der Waals surface area (Å²) in [5.41, 5.74) is 0. The Hall–Kier alpha value is -1.21. The maximum atomic E-state index is 8.42. The molecule has 0 saturated heterocycles. The summed E-state index contributed by atoms with van der Waals surface area (Å²) in [6, 6.07) is 0. The van der Waals surface area contributed by atoms with Crippen LogP contribution in [0.2, 0.25) is 0 Å². The third-order valence-electron chi connectivity index (χ3n) is 0. The van der Waals surface area contributed by atoms with E-state index in [0.29, 0.717) is 0 Å². The molecule has 0 bridgehead atoms. The van der Waals surface area contributed by atoms with Gasteiger partial charge in [0, 0.05) is 0 Å². The quantitative estimate of drug-likeness (QED) is 0.140. The molecule has 0 spiro atoms. The first kappa shape index (κ1) is 80.5. The average molecular weight is 690 g/mol. The highest BCUT2D eigenvalue weighted by Gasteiger charge is 1.58. The van der Waals surface area contributed by atoms with Crippen molar-refractivity contribution >= 4 is 79.3 Å². The molecule has 0 saturated carbocycles. The van der Waals surface area contributed by atoms with Crippen LogP contribution in [0, 0.1) is 5.41 Å². The SMILES string of the molecule is CN(C)C.N=C=O.[O-]B([O-])[O-].[O-]B([O-])[O-].[O-]B([O-])[O-].[O-]B([O-])[O-].[O-]B([O-])[O-].[O-]B([O-])[O-].[O-]B([O-])[O-].[O-]B([O-])[O-].[O-]B([O-])[O-].[O-]B([O-])[O-]. The van der Waals surface area contributed by atoms with Crippen molar-refractivity contribution in [1.29, 1.82) is 5.41 Å². The Labute approximate surface area is 267 Å². The van der Waals surface area contributed by atoms with Crippen molar-refractivity contribution in [2.24, 2.45) is 0 Å². The summed E-state index contributed by atoms with van der Waals surface area (Å²) < 4.78 is 0. The molecule has 0 heterocycles. The van der Waals surface area contributed by atoms with E-state index in [0.717, 1.165) is 6.08 Å². The van der Waals surface area contributed by atoms with Crippen molar-refractivity contribution in [2.45, 2.75) is 0 Å². The zero-order valence-corrected chi connectivity index (χ0v) is 22.9. The van der Waals surface area contributed by atoms with E-state index >= 15 is 0 Å². The zero-order valence-electron chi connectivity index (χ0n) is 22.9.